The van der Waals surface area contributed by atoms with E-state index in [4.69, 9.17) is 33.7 Å². The van der Waals surface area contributed by atoms with E-state index in [2.05, 4.69) is 0 Å². The minimum Gasteiger partial charge on any atom is -0.454 e. The summed E-state index contributed by atoms with van der Waals surface area (Å²) in [7, 11) is 0. The van der Waals surface area contributed by atoms with E-state index in [1.54, 1.807) is 37.3 Å². The molecule has 33 heavy (non-hydrogen) atoms. The third-order valence-electron chi connectivity index (χ3n) is 4.81. The Bertz CT molecular complexity index is 1350. The number of ketones is 1. The minimum absolute atomic E-state index is 0.00748. The number of nitrogens with zero attached hydrogens (tertiary/aromatic N) is 2. The summed E-state index contributed by atoms with van der Waals surface area (Å²) in [6.45, 7) is 0.696. The standard InChI is InChI=1S/C22H18Cl2FN3O5/c1-2-27-20(30)18(19(26)28(22(27)32)10-12-6-4-3-5-7-12)17(29)11-33-21(31)13-8-16(25)15(24)9-14(13)23/h3-9H,2,10-11,26H2,1H3. The SMILES string of the molecule is CCn1c(=O)c(C(=O)COC(=O)c2cc(F)c(Cl)cc2Cl)c(N)n(Cc2ccccc2)c1=O. The monoisotopic (exact) mass is 493 g/mol. The van der Waals surface area contributed by atoms with Gasteiger partial charge < -0.3 is 10.5 Å². The van der Waals surface area contributed by atoms with Crippen molar-refractivity contribution in [3.63, 3.8) is 0 Å². The Morgan fingerprint density at radius 1 is 1.06 bits per heavy atom. The van der Waals surface area contributed by atoms with E-state index < -0.39 is 41.0 Å². The maximum atomic E-state index is 13.7. The van der Waals surface area contributed by atoms with Gasteiger partial charge in [0, 0.05) is 6.54 Å². The summed E-state index contributed by atoms with van der Waals surface area (Å²) < 4.78 is 20.6. The number of anilines is 1. The highest BCUT2D eigenvalue weighted by Crippen LogP contribution is 2.25. The van der Waals surface area contributed by atoms with Gasteiger partial charge in [0.2, 0.25) is 5.78 Å². The molecule has 0 aliphatic rings. The first-order chi connectivity index (χ1) is 15.6. The first-order valence-corrected chi connectivity index (χ1v) is 10.4. The quantitative estimate of drug-likeness (QED) is 0.307. The smallest absolute Gasteiger partial charge is 0.340 e. The van der Waals surface area contributed by atoms with Gasteiger partial charge in [-0.15, -0.1) is 0 Å². The zero-order valence-electron chi connectivity index (χ0n) is 17.3. The number of hydrogen-bond acceptors (Lipinski definition) is 6. The van der Waals surface area contributed by atoms with E-state index in [0.29, 0.717) is 0 Å². The molecule has 1 aromatic heterocycles. The van der Waals surface area contributed by atoms with Crippen molar-refractivity contribution in [3.8, 4) is 0 Å². The third kappa shape index (κ3) is 4.99. The zero-order valence-corrected chi connectivity index (χ0v) is 18.8. The fourth-order valence-corrected chi connectivity index (χ4v) is 3.60. The van der Waals surface area contributed by atoms with E-state index in [0.717, 1.165) is 26.8 Å². The number of benzene rings is 2. The van der Waals surface area contributed by atoms with Crippen molar-refractivity contribution < 1.29 is 18.7 Å². The Hall–Kier alpha value is -3.43. The molecular weight excluding hydrogens is 476 g/mol. The van der Waals surface area contributed by atoms with E-state index in [-0.39, 0.29) is 34.5 Å². The summed E-state index contributed by atoms with van der Waals surface area (Å²) >= 11 is 11.5. The lowest BCUT2D eigenvalue weighted by Crippen LogP contribution is -2.44. The molecular formula is C22H18Cl2FN3O5. The van der Waals surface area contributed by atoms with Gasteiger partial charge in [-0.1, -0.05) is 53.5 Å². The summed E-state index contributed by atoms with van der Waals surface area (Å²) in [5.74, 6) is -3.28. The molecule has 0 bridgehead atoms. The molecule has 2 N–H and O–H groups in total. The lowest BCUT2D eigenvalue weighted by molar-refractivity contribution is 0.0474. The average molecular weight is 494 g/mol. The predicted molar refractivity (Wildman–Crippen MR) is 122 cm³/mol. The van der Waals surface area contributed by atoms with Crippen LogP contribution in [0.4, 0.5) is 10.2 Å². The number of nitrogen functional groups attached to an aromatic ring is 1. The summed E-state index contributed by atoms with van der Waals surface area (Å²) in [6, 6.07) is 10.6. The summed E-state index contributed by atoms with van der Waals surface area (Å²) in [5, 5.41) is -0.468. The fraction of sp³-hybridized carbons (Fsp3) is 0.182. The molecule has 0 aliphatic heterocycles. The topological polar surface area (TPSA) is 113 Å². The van der Waals surface area contributed by atoms with Crippen LogP contribution in [0, 0.1) is 5.82 Å². The van der Waals surface area contributed by atoms with Crippen LogP contribution in [0.15, 0.2) is 52.1 Å². The van der Waals surface area contributed by atoms with Gasteiger partial charge in [0.05, 0.1) is 22.2 Å². The number of ether oxygens (including phenoxy) is 1. The Balaban J connectivity index is 1.93. The first kappa shape index (κ1) is 24.2. The molecule has 0 spiro atoms. The summed E-state index contributed by atoms with van der Waals surface area (Å²) in [5.41, 5.74) is 4.34. The van der Waals surface area contributed by atoms with Crippen LogP contribution in [0.3, 0.4) is 0 Å². The van der Waals surface area contributed by atoms with Crippen molar-refractivity contribution in [3.05, 3.63) is 95.9 Å². The van der Waals surface area contributed by atoms with E-state index in [1.165, 1.54) is 0 Å². The average Bonchev–Trinajstić information content (AvgIpc) is 2.78. The van der Waals surface area contributed by atoms with E-state index in [9.17, 15) is 23.6 Å². The second kappa shape index (κ2) is 10.0. The van der Waals surface area contributed by atoms with Crippen LogP contribution in [0.5, 0.6) is 0 Å². The van der Waals surface area contributed by atoms with E-state index in [1.807, 2.05) is 0 Å². The van der Waals surface area contributed by atoms with Gasteiger partial charge in [-0.2, -0.15) is 0 Å². The van der Waals surface area contributed by atoms with Crippen molar-refractivity contribution in [2.45, 2.75) is 20.0 Å². The normalized spacial score (nSPS) is 10.8. The molecule has 0 radical (unpaired) electrons. The van der Waals surface area contributed by atoms with Crippen molar-refractivity contribution in [1.82, 2.24) is 9.13 Å². The number of rotatable bonds is 7. The van der Waals surface area contributed by atoms with Crippen LogP contribution in [-0.4, -0.2) is 27.5 Å². The second-order valence-electron chi connectivity index (χ2n) is 6.91. The molecule has 3 rings (SSSR count). The minimum atomic E-state index is -1.10. The van der Waals surface area contributed by atoms with Crippen LogP contribution in [0.2, 0.25) is 10.0 Å². The lowest BCUT2D eigenvalue weighted by Gasteiger charge is -2.16. The predicted octanol–water partition coefficient (Wildman–Crippen LogP) is 3.15. The Morgan fingerprint density at radius 3 is 2.36 bits per heavy atom. The maximum absolute atomic E-state index is 13.7. The van der Waals surface area contributed by atoms with Crippen molar-refractivity contribution in [2.75, 3.05) is 12.3 Å². The largest absolute Gasteiger partial charge is 0.454 e. The first-order valence-electron chi connectivity index (χ1n) is 9.67. The molecule has 0 unspecified atom stereocenters. The number of esters is 1. The van der Waals surface area contributed by atoms with Gasteiger partial charge in [-0.3, -0.25) is 18.7 Å². The van der Waals surface area contributed by atoms with Crippen LogP contribution in [0.25, 0.3) is 0 Å². The van der Waals surface area contributed by atoms with Crippen LogP contribution >= 0.6 is 23.2 Å². The van der Waals surface area contributed by atoms with Crippen molar-refractivity contribution in [2.24, 2.45) is 0 Å². The Morgan fingerprint density at radius 2 is 1.73 bits per heavy atom. The molecule has 0 amide bonds. The van der Waals surface area contributed by atoms with Gasteiger partial charge in [-0.05, 0) is 24.6 Å². The number of aromatic nitrogens is 2. The molecule has 11 heteroatoms. The third-order valence-corrected chi connectivity index (χ3v) is 5.41. The van der Waals surface area contributed by atoms with Crippen LogP contribution in [-0.2, 0) is 17.8 Å². The lowest BCUT2D eigenvalue weighted by atomic mass is 10.1. The van der Waals surface area contributed by atoms with Crippen molar-refractivity contribution >= 4 is 40.8 Å². The van der Waals surface area contributed by atoms with Crippen molar-refractivity contribution in [1.29, 1.82) is 0 Å². The summed E-state index contributed by atoms with van der Waals surface area (Å²) in [6.07, 6.45) is 0. The highest BCUT2D eigenvalue weighted by Gasteiger charge is 2.24. The summed E-state index contributed by atoms with van der Waals surface area (Å²) in [4.78, 5) is 50.6. The molecule has 0 atom stereocenters. The zero-order chi connectivity index (χ0) is 24.3. The fourth-order valence-electron chi connectivity index (χ4n) is 3.13. The van der Waals surface area contributed by atoms with Gasteiger partial charge in [0.25, 0.3) is 5.56 Å². The highest BCUT2D eigenvalue weighted by atomic mass is 35.5. The second-order valence-corrected chi connectivity index (χ2v) is 7.72. The molecule has 0 saturated carbocycles. The molecule has 0 aliphatic carbocycles. The molecule has 0 fully saturated rings. The number of halogens is 3. The van der Waals surface area contributed by atoms with E-state index >= 15 is 0 Å². The van der Waals surface area contributed by atoms with Gasteiger partial charge in [0.1, 0.15) is 17.2 Å². The number of nitrogens with two attached hydrogens (primary N) is 1. The molecule has 2 aromatic carbocycles. The number of Topliss-reactive ketones (excluding diaryl/α,β-unsaturated/α-hetero) is 1. The molecule has 1 heterocycles. The van der Waals surface area contributed by atoms with Gasteiger partial charge in [0.15, 0.2) is 6.61 Å². The Kier molecular flexibility index (Phi) is 7.35. The number of carbonyl (C=O) groups excluding carboxylic acids is 2. The van der Waals surface area contributed by atoms with Gasteiger partial charge >= 0.3 is 11.7 Å². The van der Waals surface area contributed by atoms with Crippen LogP contribution in [0.1, 0.15) is 33.2 Å². The molecule has 0 saturated heterocycles. The van der Waals surface area contributed by atoms with Gasteiger partial charge in [-0.25, -0.2) is 14.0 Å². The Labute approximate surface area is 196 Å². The number of carbonyl (C=O) groups is 2. The van der Waals surface area contributed by atoms with Crippen LogP contribution < -0.4 is 17.0 Å². The highest BCUT2D eigenvalue weighted by molar-refractivity contribution is 6.36. The maximum Gasteiger partial charge on any atom is 0.340 e. The number of hydrogen-bond donors (Lipinski definition) is 1. The molecule has 8 nitrogen and oxygen atoms in total. The molecule has 3 aromatic rings. The molecule has 172 valence electrons.